The van der Waals surface area contributed by atoms with Crippen molar-refractivity contribution >= 4 is 23.0 Å². The van der Waals surface area contributed by atoms with Crippen LogP contribution in [-0.2, 0) is 44.4 Å². The molecular formula is C27H24F6N2O4. The number of aliphatic imine (C=N–C) groups is 1. The molecule has 0 aliphatic heterocycles. The molecule has 6 nitrogen and oxygen atoms in total. The fraction of sp³-hybridized carbons (Fsp3) is 0.407. The molecule has 1 N–H and O–H groups in total. The topological polar surface area (TPSA) is 80.8 Å². The lowest BCUT2D eigenvalue weighted by molar-refractivity contribution is -0.195. The molecule has 208 valence electrons. The van der Waals surface area contributed by atoms with Crippen LogP contribution >= 0.6 is 0 Å². The molecule has 2 aromatic carbocycles. The van der Waals surface area contributed by atoms with E-state index in [1.54, 1.807) is 45.0 Å². The largest absolute Gasteiger partial charge is 0.459 e. The van der Waals surface area contributed by atoms with Crippen molar-refractivity contribution in [1.29, 1.82) is 0 Å². The quantitative estimate of drug-likeness (QED) is 0.162. The van der Waals surface area contributed by atoms with Gasteiger partial charge in [0.05, 0.1) is 16.7 Å². The zero-order valence-electron chi connectivity index (χ0n) is 21.1. The number of benzene rings is 2. The highest BCUT2D eigenvalue weighted by Gasteiger charge is 2.51. The number of hydrogen-bond acceptors (Lipinski definition) is 5. The summed E-state index contributed by atoms with van der Waals surface area (Å²) in [5.74, 6) is -1.01. The summed E-state index contributed by atoms with van der Waals surface area (Å²) in [7, 11) is 0. The summed E-state index contributed by atoms with van der Waals surface area (Å²) in [6, 6.07) is 7.27. The summed E-state index contributed by atoms with van der Waals surface area (Å²) in [6.45, 7) is 4.15. The molecule has 2 unspecified atom stereocenters. The molecule has 2 atom stereocenters. The fourth-order valence-corrected chi connectivity index (χ4v) is 4.89. The molecule has 0 amide bonds. The van der Waals surface area contributed by atoms with Crippen LogP contribution in [-0.4, -0.2) is 28.2 Å². The van der Waals surface area contributed by atoms with Crippen molar-refractivity contribution in [3.63, 3.8) is 0 Å². The Morgan fingerprint density at radius 2 is 1.67 bits per heavy atom. The number of H-pyrrole nitrogens is 1. The second kappa shape index (κ2) is 9.84. The third-order valence-corrected chi connectivity index (χ3v) is 6.26. The minimum Gasteiger partial charge on any atom is -0.459 e. The van der Waals surface area contributed by atoms with Crippen molar-refractivity contribution in [3.05, 3.63) is 70.4 Å². The zero-order chi connectivity index (χ0) is 28.8. The molecule has 0 radical (unpaired) electrons. The van der Waals surface area contributed by atoms with Gasteiger partial charge in [-0.05, 0) is 56.2 Å². The molecule has 1 aliphatic carbocycles. The first-order valence-electron chi connectivity index (χ1n) is 11.8. The first-order chi connectivity index (χ1) is 18.0. The Labute approximate surface area is 219 Å². The molecule has 0 spiro atoms. The summed E-state index contributed by atoms with van der Waals surface area (Å²) in [4.78, 5) is 31.9. The van der Waals surface area contributed by atoms with Gasteiger partial charge in [0.25, 0.3) is 0 Å². The highest BCUT2D eigenvalue weighted by atomic mass is 19.4. The molecule has 0 bridgehead atoms. The van der Waals surface area contributed by atoms with Gasteiger partial charge in [0, 0.05) is 29.4 Å². The van der Waals surface area contributed by atoms with E-state index in [-0.39, 0.29) is 18.9 Å². The molecule has 3 aromatic rings. The predicted molar refractivity (Wildman–Crippen MR) is 127 cm³/mol. The van der Waals surface area contributed by atoms with Gasteiger partial charge in [0.15, 0.2) is 5.60 Å². The molecule has 1 heterocycles. The minimum atomic E-state index is -5.05. The first-order valence-corrected chi connectivity index (χ1v) is 11.8. The van der Waals surface area contributed by atoms with Gasteiger partial charge in [-0.3, -0.25) is 0 Å². The van der Waals surface area contributed by atoms with Gasteiger partial charge in [0.1, 0.15) is 12.6 Å². The maximum atomic E-state index is 13.6. The summed E-state index contributed by atoms with van der Waals surface area (Å²) in [6.07, 6.45) is -8.81. The van der Waals surface area contributed by atoms with Gasteiger partial charge < -0.3 is 14.5 Å². The second-order valence-corrected chi connectivity index (χ2v) is 10.4. The van der Waals surface area contributed by atoms with E-state index >= 15 is 0 Å². The number of rotatable bonds is 5. The lowest BCUT2D eigenvalue weighted by Crippen LogP contribution is -2.52. The van der Waals surface area contributed by atoms with Crippen LogP contribution in [0.1, 0.15) is 61.2 Å². The molecule has 1 aromatic heterocycles. The fourth-order valence-electron chi connectivity index (χ4n) is 4.89. The number of nitrogens with zero attached hydrogens (tertiary/aromatic N) is 1. The number of carbonyl (C=O) groups excluding carboxylic acids is 2. The monoisotopic (exact) mass is 554 g/mol. The van der Waals surface area contributed by atoms with E-state index in [0.29, 0.717) is 23.4 Å². The van der Waals surface area contributed by atoms with Crippen molar-refractivity contribution in [2.45, 2.75) is 69.8 Å². The normalized spacial score (nSPS) is 19.9. The van der Waals surface area contributed by atoms with E-state index in [4.69, 9.17) is 9.47 Å². The van der Waals surface area contributed by atoms with Crippen molar-refractivity contribution in [1.82, 2.24) is 4.98 Å². The lowest BCUT2D eigenvalue weighted by atomic mass is 9.79. The Kier molecular flexibility index (Phi) is 7.16. The van der Waals surface area contributed by atoms with Crippen LogP contribution in [0.3, 0.4) is 0 Å². The van der Waals surface area contributed by atoms with Crippen molar-refractivity contribution in [2.24, 2.45) is 4.99 Å². The highest BCUT2D eigenvalue weighted by molar-refractivity contribution is 5.88. The lowest BCUT2D eigenvalue weighted by Gasteiger charge is -2.41. The summed E-state index contributed by atoms with van der Waals surface area (Å²) in [5.41, 5.74) is -4.31. The van der Waals surface area contributed by atoms with Crippen LogP contribution in [0.4, 0.5) is 26.3 Å². The number of alkyl halides is 6. The van der Waals surface area contributed by atoms with Crippen LogP contribution in [0.15, 0.2) is 47.5 Å². The van der Waals surface area contributed by atoms with Crippen molar-refractivity contribution < 1.29 is 45.4 Å². The van der Waals surface area contributed by atoms with E-state index in [1.807, 2.05) is 0 Å². The predicted octanol–water partition coefficient (Wildman–Crippen LogP) is 6.83. The smallest absolute Gasteiger partial charge is 0.416 e. The number of halogens is 6. The number of esters is 1. The third kappa shape index (κ3) is 6.02. The summed E-state index contributed by atoms with van der Waals surface area (Å²) in [5, 5.41) is 0.737. The van der Waals surface area contributed by atoms with E-state index in [9.17, 15) is 35.9 Å². The Balaban J connectivity index is 1.73. The van der Waals surface area contributed by atoms with E-state index < -0.39 is 58.9 Å². The van der Waals surface area contributed by atoms with Crippen LogP contribution < -0.4 is 0 Å². The van der Waals surface area contributed by atoms with Crippen LogP contribution in [0.25, 0.3) is 10.9 Å². The Bertz CT molecular complexity index is 1410. The highest BCUT2D eigenvalue weighted by Crippen LogP contribution is 2.45. The van der Waals surface area contributed by atoms with Crippen molar-refractivity contribution in [2.75, 3.05) is 0 Å². The molecule has 39 heavy (non-hydrogen) atoms. The average Bonchev–Trinajstić information content (AvgIpc) is 3.19. The Hall–Kier alpha value is -3.63. The van der Waals surface area contributed by atoms with Crippen molar-refractivity contribution in [3.8, 4) is 0 Å². The first kappa shape index (κ1) is 28.4. The number of ether oxygens (including phenoxy) is 2. The molecule has 0 fully saturated rings. The second-order valence-electron chi connectivity index (χ2n) is 10.4. The Morgan fingerprint density at radius 1 is 1.05 bits per heavy atom. The number of aromatic nitrogens is 1. The zero-order valence-corrected chi connectivity index (χ0v) is 21.1. The minimum absolute atomic E-state index is 0.00275. The molecule has 12 heteroatoms. The number of aromatic amines is 1. The van der Waals surface area contributed by atoms with E-state index in [1.165, 1.54) is 6.08 Å². The average molecular weight is 554 g/mol. The maximum absolute atomic E-state index is 13.6. The molecule has 0 saturated heterocycles. The number of isocyanates is 1. The number of fused-ring (bicyclic) bond motifs is 3. The van der Waals surface area contributed by atoms with Gasteiger partial charge in [-0.25, -0.2) is 9.59 Å². The van der Waals surface area contributed by atoms with Gasteiger partial charge >= 0.3 is 18.3 Å². The van der Waals surface area contributed by atoms with Crippen LogP contribution in [0.2, 0.25) is 0 Å². The maximum Gasteiger partial charge on any atom is 0.416 e. The van der Waals surface area contributed by atoms with Gasteiger partial charge in [-0.2, -0.15) is 31.3 Å². The van der Waals surface area contributed by atoms with Crippen LogP contribution in [0.5, 0.6) is 0 Å². The van der Waals surface area contributed by atoms with Gasteiger partial charge in [-0.1, -0.05) is 18.2 Å². The number of nitrogens with one attached hydrogen (secondary N) is 1. The number of para-hydroxylation sites is 1. The number of carbonyl (C=O) groups is 1. The SMILES string of the molecule is CC(C)(C)OC1(C(=O)OCc2cc(C(F)(F)F)cc(C(F)(F)F)c2)Cc2c([nH]c3ccccc23)C(N=C=O)C1. The van der Waals surface area contributed by atoms with Gasteiger partial charge in [-0.15, -0.1) is 0 Å². The van der Waals surface area contributed by atoms with E-state index in [2.05, 4.69) is 9.98 Å². The third-order valence-electron chi connectivity index (χ3n) is 6.26. The molecule has 0 saturated carbocycles. The molecule has 1 aliphatic rings. The molecule has 4 rings (SSSR count). The Morgan fingerprint density at radius 3 is 2.23 bits per heavy atom. The van der Waals surface area contributed by atoms with Crippen LogP contribution in [0, 0.1) is 0 Å². The summed E-state index contributed by atoms with van der Waals surface area (Å²) < 4.78 is 91.2. The summed E-state index contributed by atoms with van der Waals surface area (Å²) >= 11 is 0. The van der Waals surface area contributed by atoms with Gasteiger partial charge in [0.2, 0.25) is 6.08 Å². The standard InChI is InChI=1S/C27H24F6N2O4/c1-24(2,3)39-25(11-19-18-6-4-5-7-20(18)35-22(19)21(12-25)34-14-36)23(37)38-13-15-8-16(26(28,29)30)10-17(9-15)27(31,32)33/h4-10,21,35H,11-13H2,1-3H3. The number of hydrogen-bond donors (Lipinski definition) is 1. The molecular weight excluding hydrogens is 530 g/mol. The van der Waals surface area contributed by atoms with E-state index in [0.717, 1.165) is 10.9 Å².